The summed E-state index contributed by atoms with van der Waals surface area (Å²) in [7, 11) is 1.85. The van der Waals surface area contributed by atoms with Gasteiger partial charge < -0.3 is 9.88 Å². The first kappa shape index (κ1) is 12.6. The highest BCUT2D eigenvalue weighted by molar-refractivity contribution is 6.32. The molecule has 0 saturated carbocycles. The lowest BCUT2D eigenvalue weighted by molar-refractivity contribution is -0.115. The Hall–Kier alpha value is -1.88. The molecule has 6 heteroatoms. The van der Waals surface area contributed by atoms with E-state index >= 15 is 0 Å². The van der Waals surface area contributed by atoms with Crippen LogP contribution in [0.1, 0.15) is 6.92 Å². The van der Waals surface area contributed by atoms with Crippen molar-refractivity contribution in [3.8, 4) is 11.4 Å². The lowest BCUT2D eigenvalue weighted by atomic mass is 10.1. The number of benzene rings is 1. The Labute approximate surface area is 110 Å². The minimum atomic E-state index is -0.586. The monoisotopic (exact) mass is 264 g/mol. The van der Waals surface area contributed by atoms with Crippen LogP contribution in [0.25, 0.3) is 11.4 Å². The molecule has 2 rings (SSSR count). The van der Waals surface area contributed by atoms with Crippen molar-refractivity contribution < 1.29 is 4.79 Å². The number of para-hydroxylation sites is 1. The number of carbonyl (C=O) groups excluding carboxylic acids is 1. The van der Waals surface area contributed by atoms with E-state index < -0.39 is 5.38 Å². The molecule has 0 aliphatic carbocycles. The summed E-state index contributed by atoms with van der Waals surface area (Å²) >= 11 is 5.74. The van der Waals surface area contributed by atoms with E-state index in [2.05, 4.69) is 15.5 Å². The summed E-state index contributed by atoms with van der Waals surface area (Å²) in [5.74, 6) is 0.444. The maximum absolute atomic E-state index is 11.6. The molecule has 1 amide bonds. The van der Waals surface area contributed by atoms with E-state index in [1.54, 1.807) is 23.9 Å². The number of hydrogen-bond donors (Lipinski definition) is 1. The highest BCUT2D eigenvalue weighted by Gasteiger charge is 2.14. The fraction of sp³-hybridized carbons (Fsp3) is 0.250. The van der Waals surface area contributed by atoms with Crippen molar-refractivity contribution in [2.45, 2.75) is 12.3 Å². The fourth-order valence-electron chi connectivity index (χ4n) is 1.55. The van der Waals surface area contributed by atoms with Gasteiger partial charge in [-0.1, -0.05) is 12.1 Å². The van der Waals surface area contributed by atoms with Crippen LogP contribution in [0.2, 0.25) is 0 Å². The van der Waals surface area contributed by atoms with Gasteiger partial charge in [0.1, 0.15) is 11.7 Å². The average Bonchev–Trinajstić information content (AvgIpc) is 2.76. The molecule has 1 aromatic heterocycles. The number of anilines is 1. The average molecular weight is 265 g/mol. The third kappa shape index (κ3) is 2.51. The zero-order valence-corrected chi connectivity index (χ0v) is 10.8. The molecule has 0 spiro atoms. The normalized spacial score (nSPS) is 12.2. The molecule has 0 bridgehead atoms. The molecule has 18 heavy (non-hydrogen) atoms. The Bertz CT molecular complexity index is 565. The highest BCUT2D eigenvalue weighted by Crippen LogP contribution is 2.25. The van der Waals surface area contributed by atoms with E-state index in [0.29, 0.717) is 11.5 Å². The van der Waals surface area contributed by atoms with Crippen LogP contribution in [0.3, 0.4) is 0 Å². The second kappa shape index (κ2) is 5.18. The van der Waals surface area contributed by atoms with Crippen LogP contribution in [-0.2, 0) is 11.8 Å². The number of nitrogens with one attached hydrogen (secondary N) is 1. The fourth-order valence-corrected chi connectivity index (χ4v) is 1.60. The third-order valence-electron chi connectivity index (χ3n) is 2.50. The Balaban J connectivity index is 2.38. The highest BCUT2D eigenvalue weighted by atomic mass is 35.5. The molecule has 1 unspecified atom stereocenters. The Morgan fingerprint density at radius 2 is 2.17 bits per heavy atom. The van der Waals surface area contributed by atoms with Crippen molar-refractivity contribution in [2.24, 2.45) is 7.05 Å². The number of halogens is 1. The van der Waals surface area contributed by atoms with E-state index in [9.17, 15) is 4.79 Å². The molecule has 0 radical (unpaired) electrons. The second-order valence-electron chi connectivity index (χ2n) is 3.92. The van der Waals surface area contributed by atoms with Gasteiger partial charge in [-0.05, 0) is 19.1 Å². The lowest BCUT2D eigenvalue weighted by Gasteiger charge is -2.11. The molecule has 0 aliphatic rings. The first-order valence-corrected chi connectivity index (χ1v) is 5.91. The van der Waals surface area contributed by atoms with Crippen molar-refractivity contribution in [1.82, 2.24) is 14.8 Å². The largest absolute Gasteiger partial charge is 0.324 e. The second-order valence-corrected chi connectivity index (χ2v) is 4.57. The smallest absolute Gasteiger partial charge is 0.242 e. The summed E-state index contributed by atoms with van der Waals surface area (Å²) in [4.78, 5) is 11.6. The number of alkyl halides is 1. The summed E-state index contributed by atoms with van der Waals surface area (Å²) in [5, 5.41) is 10.0. The number of rotatable bonds is 3. The third-order valence-corrected chi connectivity index (χ3v) is 2.70. The molecule has 1 aromatic carbocycles. The molecule has 1 heterocycles. The van der Waals surface area contributed by atoms with Gasteiger partial charge in [0.05, 0.1) is 5.69 Å². The molecule has 0 saturated heterocycles. The van der Waals surface area contributed by atoms with Crippen molar-refractivity contribution in [1.29, 1.82) is 0 Å². The SMILES string of the molecule is CC(Cl)C(=O)Nc1ccccc1-c1nncn1C. The van der Waals surface area contributed by atoms with E-state index in [-0.39, 0.29) is 5.91 Å². The Morgan fingerprint density at radius 1 is 1.44 bits per heavy atom. The van der Waals surface area contributed by atoms with Crippen molar-refractivity contribution >= 4 is 23.2 Å². The zero-order valence-electron chi connectivity index (χ0n) is 10.1. The van der Waals surface area contributed by atoms with Crippen LogP contribution in [0, 0.1) is 0 Å². The first-order valence-electron chi connectivity index (χ1n) is 5.48. The maximum Gasteiger partial charge on any atom is 0.242 e. The van der Waals surface area contributed by atoms with Gasteiger partial charge in [0, 0.05) is 12.6 Å². The Kier molecular flexibility index (Phi) is 3.62. The standard InChI is InChI=1S/C12H13ClN4O/c1-8(13)12(18)15-10-6-4-3-5-9(10)11-16-14-7-17(11)2/h3-8H,1-2H3,(H,15,18). The van der Waals surface area contributed by atoms with Crippen LogP contribution in [0.4, 0.5) is 5.69 Å². The van der Waals surface area contributed by atoms with Gasteiger partial charge in [-0.3, -0.25) is 4.79 Å². The molecular formula is C12H13ClN4O. The number of amides is 1. The quantitative estimate of drug-likeness (QED) is 0.863. The molecule has 0 aliphatic heterocycles. The van der Waals surface area contributed by atoms with Crippen LogP contribution >= 0.6 is 11.6 Å². The number of hydrogen-bond acceptors (Lipinski definition) is 3. The molecule has 1 atom stereocenters. The van der Waals surface area contributed by atoms with Gasteiger partial charge in [-0.15, -0.1) is 21.8 Å². The molecular weight excluding hydrogens is 252 g/mol. The van der Waals surface area contributed by atoms with Gasteiger partial charge in [0.15, 0.2) is 5.82 Å². The number of carbonyl (C=O) groups is 1. The van der Waals surface area contributed by atoms with E-state index in [1.165, 1.54) is 0 Å². The minimum Gasteiger partial charge on any atom is -0.324 e. The van der Waals surface area contributed by atoms with Crippen LogP contribution in [0.15, 0.2) is 30.6 Å². The molecule has 0 fully saturated rings. The van der Waals surface area contributed by atoms with Gasteiger partial charge in [-0.2, -0.15) is 0 Å². The van der Waals surface area contributed by atoms with E-state index in [0.717, 1.165) is 5.56 Å². The topological polar surface area (TPSA) is 59.8 Å². The number of aromatic nitrogens is 3. The summed E-state index contributed by atoms with van der Waals surface area (Å²) in [6, 6.07) is 7.40. The van der Waals surface area contributed by atoms with Gasteiger partial charge >= 0.3 is 0 Å². The molecule has 2 aromatic rings. The number of nitrogens with zero attached hydrogens (tertiary/aromatic N) is 3. The van der Waals surface area contributed by atoms with E-state index in [1.807, 2.05) is 25.2 Å². The van der Waals surface area contributed by atoms with Crippen LogP contribution < -0.4 is 5.32 Å². The summed E-state index contributed by atoms with van der Waals surface area (Å²) in [6.45, 7) is 1.63. The molecule has 5 nitrogen and oxygen atoms in total. The Morgan fingerprint density at radius 3 is 2.78 bits per heavy atom. The molecule has 94 valence electrons. The minimum absolute atomic E-state index is 0.244. The summed E-state index contributed by atoms with van der Waals surface area (Å²) in [5.41, 5.74) is 1.48. The first-order chi connectivity index (χ1) is 8.59. The summed E-state index contributed by atoms with van der Waals surface area (Å²) < 4.78 is 1.79. The van der Waals surface area contributed by atoms with Crippen molar-refractivity contribution in [3.63, 3.8) is 0 Å². The van der Waals surface area contributed by atoms with Crippen LogP contribution in [-0.4, -0.2) is 26.0 Å². The zero-order chi connectivity index (χ0) is 13.1. The van der Waals surface area contributed by atoms with Crippen molar-refractivity contribution in [2.75, 3.05) is 5.32 Å². The number of aryl methyl sites for hydroxylation is 1. The maximum atomic E-state index is 11.6. The van der Waals surface area contributed by atoms with Gasteiger partial charge in [0.2, 0.25) is 5.91 Å². The van der Waals surface area contributed by atoms with Gasteiger partial charge in [-0.25, -0.2) is 0 Å². The lowest BCUT2D eigenvalue weighted by Crippen LogP contribution is -2.20. The van der Waals surface area contributed by atoms with E-state index in [4.69, 9.17) is 11.6 Å². The van der Waals surface area contributed by atoms with Crippen LogP contribution in [0.5, 0.6) is 0 Å². The molecule has 1 N–H and O–H groups in total. The summed E-state index contributed by atoms with van der Waals surface area (Å²) in [6.07, 6.45) is 1.61. The predicted molar refractivity (Wildman–Crippen MR) is 70.4 cm³/mol. The van der Waals surface area contributed by atoms with Gasteiger partial charge in [0.25, 0.3) is 0 Å². The van der Waals surface area contributed by atoms with Crippen molar-refractivity contribution in [3.05, 3.63) is 30.6 Å². The predicted octanol–water partition coefficient (Wildman–Crippen LogP) is 2.05.